The second-order valence-electron chi connectivity index (χ2n) is 5.87. The monoisotopic (exact) mass is 347 g/mol. The minimum absolute atomic E-state index is 0.357. The van der Waals surface area contributed by atoms with Crippen molar-refractivity contribution >= 4 is 17.3 Å². The molecule has 0 aliphatic heterocycles. The van der Waals surface area contributed by atoms with Gasteiger partial charge in [0.15, 0.2) is 6.04 Å². The van der Waals surface area contributed by atoms with E-state index in [0.717, 1.165) is 16.9 Å². The Hall–Kier alpha value is -3.31. The largest absolute Gasteiger partial charge is 0.480 e. The molecule has 0 aliphatic carbocycles. The molecule has 0 heterocycles. The summed E-state index contributed by atoms with van der Waals surface area (Å²) in [5.41, 5.74) is 8.90. The van der Waals surface area contributed by atoms with Crippen LogP contribution in [0.15, 0.2) is 91.0 Å². The summed E-state index contributed by atoms with van der Waals surface area (Å²) in [4.78, 5) is 12.0. The van der Waals surface area contributed by atoms with Crippen LogP contribution in [0.2, 0.25) is 0 Å². The second-order valence-corrected chi connectivity index (χ2v) is 5.87. The molecule has 0 aromatic heterocycles. The highest BCUT2D eigenvalue weighted by Gasteiger charge is 2.26. The summed E-state index contributed by atoms with van der Waals surface area (Å²) in [7, 11) is 0. The summed E-state index contributed by atoms with van der Waals surface area (Å²) >= 11 is 0. The van der Waals surface area contributed by atoms with E-state index in [9.17, 15) is 9.90 Å². The van der Waals surface area contributed by atoms with Gasteiger partial charge in [-0.15, -0.1) is 5.12 Å². The molecule has 3 rings (SSSR count). The van der Waals surface area contributed by atoms with Gasteiger partial charge in [0.2, 0.25) is 0 Å². The minimum Gasteiger partial charge on any atom is -0.480 e. The number of hydrazine groups is 2. The number of carbonyl (C=O) groups is 1. The fourth-order valence-corrected chi connectivity index (χ4v) is 2.61. The van der Waals surface area contributed by atoms with Crippen molar-refractivity contribution in [2.45, 2.75) is 12.5 Å². The number of nitrogens with one attached hydrogen (secondary N) is 2. The van der Waals surface area contributed by atoms with Crippen molar-refractivity contribution < 1.29 is 9.90 Å². The summed E-state index contributed by atoms with van der Waals surface area (Å²) < 4.78 is 0. The van der Waals surface area contributed by atoms with Gasteiger partial charge in [-0.25, -0.2) is 0 Å². The number of carboxylic acids is 1. The average molecular weight is 347 g/mol. The van der Waals surface area contributed by atoms with E-state index in [4.69, 9.17) is 0 Å². The van der Waals surface area contributed by atoms with Gasteiger partial charge >= 0.3 is 5.97 Å². The Morgan fingerprint density at radius 1 is 0.769 bits per heavy atom. The molecule has 132 valence electrons. The van der Waals surface area contributed by atoms with Crippen LogP contribution in [0, 0.1) is 0 Å². The van der Waals surface area contributed by atoms with Gasteiger partial charge in [-0.1, -0.05) is 66.7 Å². The van der Waals surface area contributed by atoms with Gasteiger partial charge in [0.1, 0.15) is 0 Å². The average Bonchev–Trinajstić information content (AvgIpc) is 2.68. The predicted octanol–water partition coefficient (Wildman–Crippen LogP) is 4.04. The molecule has 26 heavy (non-hydrogen) atoms. The molecular weight excluding hydrogens is 326 g/mol. The van der Waals surface area contributed by atoms with E-state index in [1.165, 1.54) is 0 Å². The molecule has 0 amide bonds. The first-order chi connectivity index (χ1) is 12.7. The fourth-order valence-electron chi connectivity index (χ4n) is 2.61. The van der Waals surface area contributed by atoms with E-state index in [1.54, 1.807) is 5.12 Å². The normalized spacial score (nSPS) is 11.7. The molecule has 1 atom stereocenters. The highest BCUT2D eigenvalue weighted by molar-refractivity contribution is 5.74. The molecule has 0 bridgehead atoms. The molecule has 0 spiro atoms. The summed E-state index contributed by atoms with van der Waals surface area (Å²) in [6, 6.07) is 27.8. The van der Waals surface area contributed by atoms with Crippen molar-refractivity contribution in [3.05, 3.63) is 96.6 Å². The molecule has 0 fully saturated rings. The van der Waals surface area contributed by atoms with Crippen LogP contribution in [0.25, 0.3) is 0 Å². The topological polar surface area (TPSA) is 64.6 Å². The highest BCUT2D eigenvalue weighted by atomic mass is 16.4. The fraction of sp³-hybridized carbons (Fsp3) is 0.0952. The van der Waals surface area contributed by atoms with Crippen molar-refractivity contribution in [1.82, 2.24) is 5.12 Å². The van der Waals surface area contributed by atoms with Gasteiger partial charge in [-0.05, 0) is 29.8 Å². The van der Waals surface area contributed by atoms with Crippen molar-refractivity contribution in [1.29, 1.82) is 0 Å². The maximum atomic E-state index is 12.0. The van der Waals surface area contributed by atoms with E-state index in [-0.39, 0.29) is 0 Å². The van der Waals surface area contributed by atoms with Crippen LogP contribution in [-0.2, 0) is 11.2 Å². The lowest BCUT2D eigenvalue weighted by molar-refractivity contribution is -0.142. The second kappa shape index (κ2) is 8.69. The molecule has 5 heteroatoms. The Balaban J connectivity index is 1.86. The number of para-hydroxylation sites is 2. The Labute approximate surface area is 152 Å². The van der Waals surface area contributed by atoms with Crippen molar-refractivity contribution in [3.8, 4) is 0 Å². The minimum atomic E-state index is -0.916. The first kappa shape index (κ1) is 17.5. The first-order valence-electron chi connectivity index (χ1n) is 8.42. The number of benzene rings is 3. The lowest BCUT2D eigenvalue weighted by Crippen LogP contribution is -2.49. The molecule has 3 aromatic rings. The van der Waals surface area contributed by atoms with E-state index in [1.807, 2.05) is 91.0 Å². The molecule has 0 saturated heterocycles. The standard InChI is InChI=1S/C21H21N3O2/c25-21(26)20(16-17-10-4-1-5-11-17)24(22-18-12-6-2-7-13-18)23-19-14-8-3-9-15-19/h1-15,20,22-23H,16H2,(H,25,26). The predicted molar refractivity (Wildman–Crippen MR) is 104 cm³/mol. The third kappa shape index (κ3) is 4.84. The van der Waals surface area contributed by atoms with E-state index < -0.39 is 12.0 Å². The maximum absolute atomic E-state index is 12.0. The van der Waals surface area contributed by atoms with Gasteiger partial charge in [-0.3, -0.25) is 4.79 Å². The molecule has 3 aromatic carbocycles. The zero-order valence-electron chi connectivity index (χ0n) is 14.2. The molecule has 0 radical (unpaired) electrons. The van der Waals surface area contributed by atoms with Crippen LogP contribution in [0.1, 0.15) is 5.56 Å². The molecular formula is C21H21N3O2. The Kier molecular flexibility index (Phi) is 5.85. The quantitative estimate of drug-likeness (QED) is 0.537. The number of hydrogen-bond acceptors (Lipinski definition) is 4. The summed E-state index contributed by atoms with van der Waals surface area (Å²) in [5.74, 6) is -0.916. The SMILES string of the molecule is O=C(O)C(Cc1ccccc1)N(Nc1ccccc1)Nc1ccccc1. The van der Waals surface area contributed by atoms with Crippen LogP contribution in [-0.4, -0.2) is 22.2 Å². The zero-order valence-corrected chi connectivity index (χ0v) is 14.2. The van der Waals surface area contributed by atoms with E-state index >= 15 is 0 Å². The number of carboxylic acid groups (broad SMARTS) is 1. The van der Waals surface area contributed by atoms with Crippen LogP contribution >= 0.6 is 0 Å². The molecule has 1 unspecified atom stereocenters. The van der Waals surface area contributed by atoms with E-state index in [0.29, 0.717) is 6.42 Å². The molecule has 5 nitrogen and oxygen atoms in total. The lowest BCUT2D eigenvalue weighted by Gasteiger charge is -2.31. The highest BCUT2D eigenvalue weighted by Crippen LogP contribution is 2.16. The maximum Gasteiger partial charge on any atom is 0.325 e. The van der Waals surface area contributed by atoms with Crippen molar-refractivity contribution in [2.24, 2.45) is 0 Å². The summed E-state index contributed by atoms with van der Waals surface area (Å²) in [5, 5.41) is 11.4. The van der Waals surface area contributed by atoms with Crippen LogP contribution < -0.4 is 10.9 Å². The number of nitrogens with zero attached hydrogens (tertiary/aromatic N) is 1. The molecule has 3 N–H and O–H groups in total. The van der Waals surface area contributed by atoms with Gasteiger partial charge in [0, 0.05) is 6.42 Å². The zero-order chi connectivity index (χ0) is 18.2. The van der Waals surface area contributed by atoms with Crippen LogP contribution in [0.5, 0.6) is 0 Å². The smallest absolute Gasteiger partial charge is 0.325 e. The molecule has 0 saturated carbocycles. The van der Waals surface area contributed by atoms with Crippen LogP contribution in [0.4, 0.5) is 11.4 Å². The third-order valence-electron chi connectivity index (χ3n) is 3.92. The Bertz CT molecular complexity index is 769. The number of hydrogen-bond donors (Lipinski definition) is 3. The first-order valence-corrected chi connectivity index (χ1v) is 8.42. The number of rotatable bonds is 8. The van der Waals surface area contributed by atoms with E-state index in [2.05, 4.69) is 10.9 Å². The van der Waals surface area contributed by atoms with Gasteiger partial charge in [0.05, 0.1) is 11.4 Å². The Morgan fingerprint density at radius 3 is 1.62 bits per heavy atom. The lowest BCUT2D eigenvalue weighted by atomic mass is 10.1. The summed E-state index contributed by atoms with van der Waals surface area (Å²) in [6.45, 7) is 0. The van der Waals surface area contributed by atoms with Crippen molar-refractivity contribution in [3.63, 3.8) is 0 Å². The number of aliphatic carboxylic acids is 1. The van der Waals surface area contributed by atoms with Gasteiger partial charge in [-0.2, -0.15) is 0 Å². The third-order valence-corrected chi connectivity index (χ3v) is 3.92. The van der Waals surface area contributed by atoms with Gasteiger partial charge in [0.25, 0.3) is 0 Å². The number of anilines is 2. The summed E-state index contributed by atoms with van der Waals surface area (Å²) in [6.07, 6.45) is 0.357. The van der Waals surface area contributed by atoms with Gasteiger partial charge < -0.3 is 16.0 Å². The Morgan fingerprint density at radius 2 is 1.19 bits per heavy atom. The van der Waals surface area contributed by atoms with Crippen LogP contribution in [0.3, 0.4) is 0 Å². The molecule has 0 aliphatic rings. The van der Waals surface area contributed by atoms with Crippen molar-refractivity contribution in [2.75, 3.05) is 10.9 Å².